The molecule has 2 fully saturated rings. The number of fused-ring (bicyclic) bond motifs is 1. The molecule has 0 spiro atoms. The minimum Gasteiger partial charge on any atom is -0.381 e. The summed E-state index contributed by atoms with van der Waals surface area (Å²) in [4.78, 5) is 14.0. The summed E-state index contributed by atoms with van der Waals surface area (Å²) >= 11 is 0. The van der Waals surface area contributed by atoms with Crippen LogP contribution in [0.3, 0.4) is 0 Å². The van der Waals surface area contributed by atoms with E-state index in [0.29, 0.717) is 19.6 Å². The maximum absolute atomic E-state index is 12.0. The molecule has 4 nitrogen and oxygen atoms in total. The molecule has 5 heteroatoms. The van der Waals surface area contributed by atoms with Gasteiger partial charge in [0.25, 0.3) is 0 Å². The van der Waals surface area contributed by atoms with E-state index < -0.39 is 0 Å². The molecule has 1 amide bonds. The number of carbonyl (C=O) groups excluding carboxylic acids is 1. The number of ether oxygens (including phenoxy) is 1. The first-order chi connectivity index (χ1) is 8.31. The molecule has 2 atom stereocenters. The monoisotopic (exact) mass is 276 g/mol. The molecular formula is C13H25ClN2O2. The second kappa shape index (κ2) is 7.97. The van der Waals surface area contributed by atoms with Crippen molar-refractivity contribution in [2.75, 3.05) is 39.4 Å². The maximum Gasteiger partial charge on any atom is 0.224 e. The van der Waals surface area contributed by atoms with E-state index >= 15 is 0 Å². The predicted molar refractivity (Wildman–Crippen MR) is 74.0 cm³/mol. The fourth-order valence-corrected chi connectivity index (χ4v) is 2.93. The van der Waals surface area contributed by atoms with Gasteiger partial charge in [-0.05, 0) is 44.7 Å². The van der Waals surface area contributed by atoms with Crippen molar-refractivity contribution in [3.63, 3.8) is 0 Å². The molecule has 0 aromatic carbocycles. The van der Waals surface area contributed by atoms with Gasteiger partial charge in [0, 0.05) is 19.7 Å². The van der Waals surface area contributed by atoms with Crippen molar-refractivity contribution in [2.45, 2.75) is 26.2 Å². The van der Waals surface area contributed by atoms with E-state index in [1.165, 1.54) is 0 Å². The number of carbonyl (C=O) groups is 1. The van der Waals surface area contributed by atoms with Gasteiger partial charge in [-0.3, -0.25) is 4.79 Å². The highest BCUT2D eigenvalue weighted by molar-refractivity contribution is 5.85. The number of nitrogens with one attached hydrogen (secondary N) is 1. The third-order valence-electron chi connectivity index (χ3n) is 4.04. The molecule has 0 radical (unpaired) electrons. The number of hydrogen-bond acceptors (Lipinski definition) is 3. The summed E-state index contributed by atoms with van der Waals surface area (Å²) in [6.07, 6.45) is 2.87. The van der Waals surface area contributed by atoms with Crippen LogP contribution in [0.2, 0.25) is 0 Å². The topological polar surface area (TPSA) is 41.6 Å². The highest BCUT2D eigenvalue weighted by Crippen LogP contribution is 2.27. The summed E-state index contributed by atoms with van der Waals surface area (Å²) in [6.45, 7) is 7.40. The third kappa shape index (κ3) is 4.11. The van der Waals surface area contributed by atoms with Gasteiger partial charge in [0.2, 0.25) is 5.91 Å². The van der Waals surface area contributed by atoms with Crippen molar-refractivity contribution in [3.05, 3.63) is 0 Å². The normalized spacial score (nSPS) is 27.3. The number of rotatable bonds is 4. The number of amides is 1. The average Bonchev–Trinajstić information content (AvgIpc) is 2.68. The van der Waals surface area contributed by atoms with Gasteiger partial charge < -0.3 is 15.0 Å². The van der Waals surface area contributed by atoms with Crippen molar-refractivity contribution in [1.82, 2.24) is 10.2 Å². The van der Waals surface area contributed by atoms with Crippen LogP contribution in [0.25, 0.3) is 0 Å². The van der Waals surface area contributed by atoms with E-state index in [4.69, 9.17) is 4.74 Å². The van der Waals surface area contributed by atoms with Gasteiger partial charge in [0.1, 0.15) is 0 Å². The Kier molecular flexibility index (Phi) is 6.97. The van der Waals surface area contributed by atoms with Gasteiger partial charge in [-0.25, -0.2) is 0 Å². The van der Waals surface area contributed by atoms with Crippen molar-refractivity contribution < 1.29 is 9.53 Å². The molecule has 0 aromatic heterocycles. The van der Waals surface area contributed by atoms with E-state index in [-0.39, 0.29) is 18.3 Å². The van der Waals surface area contributed by atoms with Crippen molar-refractivity contribution in [1.29, 1.82) is 0 Å². The largest absolute Gasteiger partial charge is 0.381 e. The molecule has 0 aromatic rings. The van der Waals surface area contributed by atoms with Crippen molar-refractivity contribution in [3.8, 4) is 0 Å². The first kappa shape index (κ1) is 15.7. The lowest BCUT2D eigenvalue weighted by Crippen LogP contribution is -2.33. The molecule has 2 saturated heterocycles. The Bertz CT molecular complexity index is 249. The van der Waals surface area contributed by atoms with Gasteiger partial charge in [0.15, 0.2) is 0 Å². The summed E-state index contributed by atoms with van der Waals surface area (Å²) in [7, 11) is 0. The minimum absolute atomic E-state index is 0. The third-order valence-corrected chi connectivity index (χ3v) is 4.04. The molecular weight excluding hydrogens is 252 g/mol. The molecule has 0 aliphatic carbocycles. The Morgan fingerprint density at radius 2 is 1.89 bits per heavy atom. The minimum atomic E-state index is 0. The van der Waals surface area contributed by atoms with Gasteiger partial charge in [-0.15, -0.1) is 12.4 Å². The smallest absolute Gasteiger partial charge is 0.224 e. The van der Waals surface area contributed by atoms with Crippen LogP contribution >= 0.6 is 12.4 Å². The second-order valence-electron chi connectivity index (χ2n) is 5.08. The fourth-order valence-electron chi connectivity index (χ4n) is 2.93. The number of likely N-dealkylation sites (tertiary alicyclic amines) is 1. The Morgan fingerprint density at radius 3 is 2.44 bits per heavy atom. The first-order valence-corrected chi connectivity index (χ1v) is 6.87. The van der Waals surface area contributed by atoms with Crippen molar-refractivity contribution in [2.24, 2.45) is 11.8 Å². The zero-order valence-electron chi connectivity index (χ0n) is 11.2. The molecule has 2 aliphatic heterocycles. The zero-order chi connectivity index (χ0) is 12.1. The SMILES string of the molecule is CCOCCC(=O)N1CC[C@@H]2CNC[C@@H]2CC1.Cl. The highest BCUT2D eigenvalue weighted by atomic mass is 35.5. The van der Waals surface area contributed by atoms with E-state index in [9.17, 15) is 4.79 Å². The lowest BCUT2D eigenvalue weighted by atomic mass is 9.92. The molecule has 0 saturated carbocycles. The zero-order valence-corrected chi connectivity index (χ0v) is 12.0. The molecule has 2 aliphatic rings. The van der Waals surface area contributed by atoms with Crippen LogP contribution < -0.4 is 5.32 Å². The number of halogens is 1. The summed E-state index contributed by atoms with van der Waals surface area (Å²) in [5.41, 5.74) is 0. The van der Waals surface area contributed by atoms with E-state index in [1.807, 2.05) is 11.8 Å². The van der Waals surface area contributed by atoms with Crippen LogP contribution in [0.4, 0.5) is 0 Å². The standard InChI is InChI=1S/C13H24N2O2.ClH/c1-2-17-8-5-13(16)15-6-3-11-9-14-10-12(11)4-7-15;/h11-12,14H,2-10H2,1H3;1H/t11-,12+;. The fraction of sp³-hybridized carbons (Fsp3) is 0.923. The molecule has 106 valence electrons. The predicted octanol–water partition coefficient (Wildman–Crippen LogP) is 1.29. The first-order valence-electron chi connectivity index (χ1n) is 6.87. The summed E-state index contributed by atoms with van der Waals surface area (Å²) < 4.78 is 5.24. The lowest BCUT2D eigenvalue weighted by molar-refractivity contribution is -0.132. The maximum atomic E-state index is 12.0. The quantitative estimate of drug-likeness (QED) is 0.787. The molecule has 1 N–H and O–H groups in total. The number of nitrogens with zero attached hydrogens (tertiary/aromatic N) is 1. The lowest BCUT2D eigenvalue weighted by Gasteiger charge is -2.20. The molecule has 2 heterocycles. The second-order valence-corrected chi connectivity index (χ2v) is 5.08. The van der Waals surface area contributed by atoms with Gasteiger partial charge >= 0.3 is 0 Å². The summed E-state index contributed by atoms with van der Waals surface area (Å²) in [6, 6.07) is 0. The van der Waals surface area contributed by atoms with Gasteiger partial charge in [-0.1, -0.05) is 0 Å². The van der Waals surface area contributed by atoms with Crippen LogP contribution in [-0.2, 0) is 9.53 Å². The molecule has 2 rings (SSSR count). The van der Waals surface area contributed by atoms with Crippen LogP contribution in [0, 0.1) is 11.8 Å². The summed E-state index contributed by atoms with van der Waals surface area (Å²) in [5, 5.41) is 3.45. The van der Waals surface area contributed by atoms with Crippen molar-refractivity contribution >= 4 is 18.3 Å². The Hall–Kier alpha value is -0.320. The Labute approximate surface area is 116 Å². The van der Waals surface area contributed by atoms with E-state index in [2.05, 4.69) is 5.32 Å². The van der Waals surface area contributed by atoms with Crippen LogP contribution in [0.15, 0.2) is 0 Å². The molecule has 18 heavy (non-hydrogen) atoms. The van der Waals surface area contributed by atoms with E-state index in [1.54, 1.807) is 0 Å². The van der Waals surface area contributed by atoms with E-state index in [0.717, 1.165) is 50.9 Å². The Balaban J connectivity index is 0.00000162. The van der Waals surface area contributed by atoms with Crippen LogP contribution in [-0.4, -0.2) is 50.2 Å². The average molecular weight is 277 g/mol. The molecule has 0 unspecified atom stereocenters. The number of hydrogen-bond donors (Lipinski definition) is 1. The van der Waals surface area contributed by atoms with Gasteiger partial charge in [-0.2, -0.15) is 0 Å². The summed E-state index contributed by atoms with van der Waals surface area (Å²) in [5.74, 6) is 1.85. The molecule has 0 bridgehead atoms. The van der Waals surface area contributed by atoms with Crippen LogP contribution in [0.5, 0.6) is 0 Å². The van der Waals surface area contributed by atoms with Gasteiger partial charge in [0.05, 0.1) is 13.0 Å². The Morgan fingerprint density at radius 1 is 1.28 bits per heavy atom. The van der Waals surface area contributed by atoms with Crippen LogP contribution in [0.1, 0.15) is 26.2 Å². The highest BCUT2D eigenvalue weighted by Gasteiger charge is 2.31.